The Morgan fingerprint density at radius 1 is 0.962 bits per heavy atom. The van der Waals surface area contributed by atoms with E-state index in [1.54, 1.807) is 26.2 Å². The zero-order chi connectivity index (χ0) is 18.9. The second kappa shape index (κ2) is 7.58. The van der Waals surface area contributed by atoms with E-state index in [1.807, 2.05) is 12.1 Å². The van der Waals surface area contributed by atoms with Crippen molar-refractivity contribution in [2.75, 3.05) is 46.3 Å². The van der Waals surface area contributed by atoms with Crippen LogP contribution in [0.15, 0.2) is 29.2 Å². The molecule has 1 aromatic carbocycles. The van der Waals surface area contributed by atoms with Gasteiger partial charge in [-0.3, -0.25) is 0 Å². The van der Waals surface area contributed by atoms with Gasteiger partial charge >= 0.3 is 0 Å². The number of quaternary nitrogens is 2. The minimum atomic E-state index is -3.37. The number of nitrogens with zero attached hydrogens (tertiary/aromatic N) is 1. The van der Waals surface area contributed by atoms with Gasteiger partial charge in [-0.15, -0.1) is 0 Å². The van der Waals surface area contributed by atoms with Crippen LogP contribution in [0.4, 0.5) is 0 Å². The number of nitrogens with one attached hydrogen (secondary N) is 2. The van der Waals surface area contributed by atoms with Gasteiger partial charge in [0, 0.05) is 25.9 Å². The lowest BCUT2D eigenvalue weighted by molar-refractivity contribution is -1.02. The summed E-state index contributed by atoms with van der Waals surface area (Å²) in [5.74, 6) is 0. The van der Waals surface area contributed by atoms with Crippen LogP contribution in [-0.2, 0) is 15.4 Å². The maximum absolute atomic E-state index is 13.0. The summed E-state index contributed by atoms with van der Waals surface area (Å²) in [5, 5.41) is 0. The highest BCUT2D eigenvalue weighted by atomic mass is 32.2. The quantitative estimate of drug-likeness (QED) is 0.745. The first-order chi connectivity index (χ1) is 12.2. The molecule has 2 saturated heterocycles. The summed E-state index contributed by atoms with van der Waals surface area (Å²) in [5.41, 5.74) is 1.20. The molecule has 2 aliphatic heterocycles. The van der Waals surface area contributed by atoms with E-state index in [0.29, 0.717) is 24.0 Å². The average molecular weight is 382 g/mol. The molecule has 2 fully saturated rings. The molecule has 6 heteroatoms. The van der Waals surface area contributed by atoms with Crippen LogP contribution < -0.4 is 9.80 Å². The lowest BCUT2D eigenvalue weighted by atomic mass is 9.87. The molecule has 0 saturated carbocycles. The summed E-state index contributed by atoms with van der Waals surface area (Å²) in [6, 6.07) is 8.08. The van der Waals surface area contributed by atoms with Crippen LogP contribution in [0.3, 0.4) is 0 Å². The zero-order valence-corrected chi connectivity index (χ0v) is 17.5. The molecule has 5 nitrogen and oxygen atoms in total. The van der Waals surface area contributed by atoms with E-state index in [-0.39, 0.29) is 5.41 Å². The Morgan fingerprint density at radius 3 is 2.00 bits per heavy atom. The smallest absolute Gasteiger partial charge is 0.243 e. The second-order valence-electron chi connectivity index (χ2n) is 9.07. The van der Waals surface area contributed by atoms with Crippen LogP contribution in [0.1, 0.15) is 39.2 Å². The van der Waals surface area contributed by atoms with Crippen LogP contribution in [0.5, 0.6) is 0 Å². The molecule has 0 spiro atoms. The lowest BCUT2D eigenvalue weighted by Gasteiger charge is -2.38. The van der Waals surface area contributed by atoms with E-state index in [2.05, 4.69) is 27.8 Å². The molecule has 0 unspecified atom stereocenters. The van der Waals surface area contributed by atoms with Gasteiger partial charge in [0.15, 0.2) is 0 Å². The number of benzene rings is 1. The van der Waals surface area contributed by atoms with Gasteiger partial charge in [-0.25, -0.2) is 8.42 Å². The normalized spacial score (nSPS) is 26.8. The summed E-state index contributed by atoms with van der Waals surface area (Å²) in [7, 11) is -1.11. The van der Waals surface area contributed by atoms with Crippen molar-refractivity contribution in [3.8, 4) is 0 Å². The molecule has 0 radical (unpaired) electrons. The Morgan fingerprint density at radius 2 is 1.50 bits per heavy atom. The minimum absolute atomic E-state index is 0.0354. The minimum Gasteiger partial charge on any atom is -0.328 e. The molecule has 0 aliphatic carbocycles. The first-order valence-electron chi connectivity index (χ1n) is 9.94. The topological polar surface area (TPSA) is 46.3 Å². The molecule has 1 aromatic rings. The van der Waals surface area contributed by atoms with Gasteiger partial charge < -0.3 is 9.80 Å². The van der Waals surface area contributed by atoms with Crippen molar-refractivity contribution < 1.29 is 18.2 Å². The van der Waals surface area contributed by atoms with Crippen LogP contribution >= 0.6 is 0 Å². The number of sulfonamides is 1. The third kappa shape index (κ3) is 4.30. The van der Waals surface area contributed by atoms with E-state index >= 15 is 0 Å². The first kappa shape index (κ1) is 19.8. The molecule has 146 valence electrons. The molecule has 26 heavy (non-hydrogen) atoms. The highest BCUT2D eigenvalue weighted by Crippen LogP contribution is 2.25. The first-order valence-corrected chi connectivity index (χ1v) is 11.4. The Labute approximate surface area is 159 Å². The highest BCUT2D eigenvalue weighted by Gasteiger charge is 2.35. The van der Waals surface area contributed by atoms with Crippen molar-refractivity contribution in [3.05, 3.63) is 29.8 Å². The molecule has 3 rings (SSSR count). The number of hydrogen-bond acceptors (Lipinski definition) is 2. The zero-order valence-electron chi connectivity index (χ0n) is 16.7. The second-order valence-corrected chi connectivity index (χ2v) is 11.0. The Kier molecular flexibility index (Phi) is 5.78. The molecular formula is C20H35N3O2S+2. The number of piperidine rings is 1. The van der Waals surface area contributed by atoms with Gasteiger partial charge in [-0.1, -0.05) is 32.9 Å². The predicted octanol–water partition coefficient (Wildman–Crippen LogP) is -0.450. The van der Waals surface area contributed by atoms with Crippen molar-refractivity contribution in [1.29, 1.82) is 0 Å². The van der Waals surface area contributed by atoms with E-state index in [0.717, 1.165) is 18.4 Å². The van der Waals surface area contributed by atoms with E-state index in [4.69, 9.17) is 0 Å². The van der Waals surface area contributed by atoms with Crippen molar-refractivity contribution in [1.82, 2.24) is 4.31 Å². The van der Waals surface area contributed by atoms with Crippen molar-refractivity contribution >= 4 is 10.0 Å². The van der Waals surface area contributed by atoms with Gasteiger partial charge in [-0.05, 0) is 23.1 Å². The van der Waals surface area contributed by atoms with Crippen LogP contribution in [-0.4, -0.2) is 65.1 Å². The maximum Gasteiger partial charge on any atom is 0.243 e. The highest BCUT2D eigenvalue weighted by molar-refractivity contribution is 7.89. The molecule has 2 aliphatic rings. The summed E-state index contributed by atoms with van der Waals surface area (Å²) >= 11 is 0. The number of hydrogen-bond donors (Lipinski definition) is 2. The molecule has 0 bridgehead atoms. The van der Waals surface area contributed by atoms with Crippen molar-refractivity contribution in [2.24, 2.45) is 0 Å². The summed E-state index contributed by atoms with van der Waals surface area (Å²) in [6.07, 6.45) is 1.96. The molecule has 2 N–H and O–H groups in total. The predicted molar refractivity (Wildman–Crippen MR) is 104 cm³/mol. The number of likely N-dealkylation sites (N-methyl/N-ethyl adjacent to an activating group) is 1. The summed E-state index contributed by atoms with van der Waals surface area (Å²) in [6.45, 7) is 12.6. The lowest BCUT2D eigenvalue weighted by Crippen LogP contribution is -3.28. The SMILES string of the molecule is C[NH+]1CC[NH+](C2CCN(S(=O)(=O)c3ccc(C(C)(C)C)cc3)CC2)CC1. The van der Waals surface area contributed by atoms with Gasteiger partial charge in [0.2, 0.25) is 10.0 Å². The summed E-state index contributed by atoms with van der Waals surface area (Å²) in [4.78, 5) is 3.73. The fraction of sp³-hybridized carbons (Fsp3) is 0.700. The molecule has 0 atom stereocenters. The molecule has 0 amide bonds. The van der Waals surface area contributed by atoms with E-state index in [9.17, 15) is 8.42 Å². The molecular weight excluding hydrogens is 346 g/mol. The van der Waals surface area contributed by atoms with Crippen molar-refractivity contribution in [2.45, 2.75) is 50.0 Å². The van der Waals surface area contributed by atoms with Gasteiger partial charge in [0.25, 0.3) is 0 Å². The number of piperazine rings is 1. The Bertz CT molecular complexity index is 694. The van der Waals surface area contributed by atoms with Crippen LogP contribution in [0.25, 0.3) is 0 Å². The Balaban J connectivity index is 1.63. The third-order valence-electron chi connectivity index (χ3n) is 6.14. The number of rotatable bonds is 3. The Hall–Kier alpha value is -0.950. The fourth-order valence-corrected chi connectivity index (χ4v) is 5.66. The third-order valence-corrected chi connectivity index (χ3v) is 8.05. The van der Waals surface area contributed by atoms with Crippen LogP contribution in [0.2, 0.25) is 0 Å². The van der Waals surface area contributed by atoms with E-state index in [1.165, 1.54) is 26.2 Å². The van der Waals surface area contributed by atoms with Gasteiger partial charge in [0.05, 0.1) is 18.0 Å². The maximum atomic E-state index is 13.0. The molecule has 2 heterocycles. The van der Waals surface area contributed by atoms with Gasteiger partial charge in [-0.2, -0.15) is 4.31 Å². The van der Waals surface area contributed by atoms with E-state index < -0.39 is 10.0 Å². The van der Waals surface area contributed by atoms with Gasteiger partial charge in [0.1, 0.15) is 26.2 Å². The van der Waals surface area contributed by atoms with Crippen LogP contribution in [0, 0.1) is 0 Å². The fourth-order valence-electron chi connectivity index (χ4n) is 4.19. The summed E-state index contributed by atoms with van der Waals surface area (Å²) < 4.78 is 27.7. The largest absolute Gasteiger partial charge is 0.328 e. The monoisotopic (exact) mass is 381 g/mol. The van der Waals surface area contributed by atoms with Crippen molar-refractivity contribution in [3.63, 3.8) is 0 Å². The standard InChI is InChI=1S/C20H33N3O2S/c1-20(2,3)17-5-7-19(8-6-17)26(24,25)23-11-9-18(10-12-23)22-15-13-21(4)14-16-22/h5-8,18H,9-16H2,1-4H3/p+2. The average Bonchev–Trinajstić information content (AvgIpc) is 2.62. The molecule has 0 aromatic heterocycles.